The summed E-state index contributed by atoms with van der Waals surface area (Å²) in [6.45, 7) is 5.75. The van der Waals surface area contributed by atoms with Gasteiger partial charge in [-0.25, -0.2) is 24.4 Å². The van der Waals surface area contributed by atoms with Gasteiger partial charge in [0.1, 0.15) is 10.7 Å². The molecule has 9 aromatic rings. The maximum absolute atomic E-state index is 12.6. The zero-order valence-corrected chi connectivity index (χ0v) is 44.8. The van der Waals surface area contributed by atoms with Crippen molar-refractivity contribution in [3.8, 4) is 37.3 Å². The first-order chi connectivity index (χ1) is 36.4. The quantitative estimate of drug-likeness (QED) is 0.0555. The topological polar surface area (TPSA) is 223 Å². The van der Waals surface area contributed by atoms with E-state index in [0.29, 0.717) is 75.3 Å². The van der Waals surface area contributed by atoms with Crippen LogP contribution in [0.2, 0.25) is 10.2 Å². The van der Waals surface area contributed by atoms with Crippen LogP contribution in [0.15, 0.2) is 144 Å². The Morgan fingerprint density at radius 2 is 1.08 bits per heavy atom. The van der Waals surface area contributed by atoms with E-state index in [9.17, 15) is 44.1 Å². The maximum Gasteiger partial charge on any atom is 0.339 e. The minimum Gasteiger partial charge on any atom is -0.481 e. The van der Waals surface area contributed by atoms with E-state index < -0.39 is 17.9 Å². The fraction of sp³-hybridized carbons (Fsp3) is 0.105. The summed E-state index contributed by atoms with van der Waals surface area (Å²) in [6, 6.07) is 31.7. The van der Waals surface area contributed by atoms with Crippen molar-refractivity contribution in [2.75, 3.05) is 12.4 Å². The highest BCUT2D eigenvalue weighted by atomic mass is 35.5. The molecule has 1 amide bonds. The summed E-state index contributed by atoms with van der Waals surface area (Å²) in [5.74, 6) is -3.36. The average molecular weight is 1110 g/mol. The van der Waals surface area contributed by atoms with Gasteiger partial charge in [0, 0.05) is 70.7 Å². The summed E-state index contributed by atoms with van der Waals surface area (Å²) in [6.07, 6.45) is 4.63. The largest absolute Gasteiger partial charge is 0.481 e. The molecule has 9 rings (SSSR count). The third-order valence-corrected chi connectivity index (χ3v) is 14.9. The smallest absolute Gasteiger partial charge is 0.339 e. The van der Waals surface area contributed by atoms with Gasteiger partial charge in [-0.05, 0) is 91.2 Å². The fourth-order valence-corrected chi connectivity index (χ4v) is 10.8. The molecule has 19 heteroatoms. The number of carboxylic acid groups (broad SMARTS) is 3. The number of benzene rings is 3. The van der Waals surface area contributed by atoms with E-state index in [0.717, 1.165) is 16.7 Å². The summed E-state index contributed by atoms with van der Waals surface area (Å²) in [5, 5.41) is 37.4. The van der Waals surface area contributed by atoms with E-state index >= 15 is 0 Å². The Bertz CT molecular complexity index is 3590. The predicted octanol–water partition coefficient (Wildman–Crippen LogP) is 13.9. The molecular weight excluding hydrogens is 1070 g/mol. The Hall–Kier alpha value is -8.19. The van der Waals surface area contributed by atoms with E-state index in [1.54, 1.807) is 95.1 Å². The number of nitrogens with zero attached hydrogens (tertiary/aromatic N) is 3. The Morgan fingerprint density at radius 1 is 0.539 bits per heavy atom. The molecule has 0 saturated carbocycles. The molecule has 0 unspecified atom stereocenters. The fourth-order valence-electron chi connectivity index (χ4n) is 7.54. The molecule has 384 valence electrons. The lowest BCUT2D eigenvalue weighted by atomic mass is 9.99. The van der Waals surface area contributed by atoms with Gasteiger partial charge < -0.3 is 25.4 Å². The van der Waals surface area contributed by atoms with Gasteiger partial charge in [0.05, 0.1) is 49.3 Å². The predicted molar refractivity (Wildman–Crippen MR) is 298 cm³/mol. The second kappa shape index (κ2) is 25.4. The zero-order valence-electron chi connectivity index (χ0n) is 40.8. The van der Waals surface area contributed by atoms with Gasteiger partial charge in [-0.2, -0.15) is 0 Å². The number of carbonyl (C=O) groups is 6. The Kier molecular flexibility index (Phi) is 18.5. The monoisotopic (exact) mass is 1110 g/mol. The number of thiophene rings is 3. The number of amides is 1. The molecule has 76 heavy (non-hydrogen) atoms. The van der Waals surface area contributed by atoms with E-state index in [1.165, 1.54) is 53.5 Å². The standard InChI is InChI=1S/C20H17NO4S.C19H14ClNO3S.C18H13ClN2O3S/c1-12-4-3-5-13(8-12)16(22)9-15-11-26-19(18(15)20(23)24)14-6-7-17(25-2)21-10-14;1-11-2-4-12(5-3-11)16(22)8-13-10-25-18(17(13)19(23)24)15-7-6-14(20)9-21-15;1-10-3-2-4-11(7-10)17(22)21-13-9-25-16(15(13)18(23)24)12-5-6-14(19)20-8-12/h3-8,10-11H,9H2,1-2H3,(H,23,24);2-7,9-10H,8H2,1H3,(H,23,24);2-9H,1H3,(H,21,22)(H,23,24). The first-order valence-electron chi connectivity index (χ1n) is 22.7. The Balaban J connectivity index is 0.000000166. The lowest BCUT2D eigenvalue weighted by Gasteiger charge is -2.07. The molecule has 4 N–H and O–H groups in total. The number of hydrogen-bond donors (Lipinski definition) is 4. The highest BCUT2D eigenvalue weighted by Gasteiger charge is 2.25. The highest BCUT2D eigenvalue weighted by Crippen LogP contribution is 2.38. The Morgan fingerprint density at radius 3 is 1.62 bits per heavy atom. The van der Waals surface area contributed by atoms with Crippen molar-refractivity contribution < 1.29 is 48.8 Å². The second-order valence-corrected chi connectivity index (χ2v) is 20.2. The van der Waals surface area contributed by atoms with E-state index in [-0.39, 0.29) is 52.7 Å². The number of ether oxygens (including phenoxy) is 1. The number of aryl methyl sites for hydroxylation is 3. The molecule has 0 spiro atoms. The van der Waals surface area contributed by atoms with Gasteiger partial charge in [0.2, 0.25) is 5.88 Å². The van der Waals surface area contributed by atoms with Gasteiger partial charge in [-0.1, -0.05) is 94.5 Å². The van der Waals surface area contributed by atoms with Gasteiger partial charge in [0.25, 0.3) is 5.91 Å². The summed E-state index contributed by atoms with van der Waals surface area (Å²) < 4.78 is 5.03. The SMILES string of the molecule is COc1ccc(-c2scc(CC(=O)c3cccc(C)c3)c2C(=O)O)cn1.Cc1ccc(C(=O)Cc2csc(-c3ccc(Cl)cn3)c2C(=O)O)cc1.Cc1cccc(C(=O)Nc2csc(-c3ccc(Cl)nc3)c2C(=O)O)c1. The summed E-state index contributed by atoms with van der Waals surface area (Å²) >= 11 is 15.4. The number of rotatable bonds is 15. The van der Waals surface area contributed by atoms with Crippen LogP contribution in [0, 0.1) is 20.8 Å². The molecule has 14 nitrogen and oxygen atoms in total. The number of hydrogen-bond acceptors (Lipinski definition) is 13. The molecular formula is C57H44Cl2N4O10S3. The van der Waals surface area contributed by atoms with Gasteiger partial charge in [-0.3, -0.25) is 19.4 Å². The van der Waals surface area contributed by atoms with E-state index in [4.69, 9.17) is 27.9 Å². The Labute approximate surface area is 457 Å². The van der Waals surface area contributed by atoms with Crippen molar-refractivity contribution in [2.45, 2.75) is 33.6 Å². The zero-order chi connectivity index (χ0) is 54.6. The van der Waals surface area contributed by atoms with Crippen LogP contribution in [0.3, 0.4) is 0 Å². The molecule has 6 aromatic heterocycles. The van der Waals surface area contributed by atoms with Crippen LogP contribution in [0.5, 0.6) is 5.88 Å². The van der Waals surface area contributed by atoms with Crippen LogP contribution < -0.4 is 10.1 Å². The number of Topliss-reactive ketones (excluding diaryl/α,β-unsaturated/α-hetero) is 2. The molecule has 3 aromatic carbocycles. The van der Waals surface area contributed by atoms with Crippen molar-refractivity contribution in [3.63, 3.8) is 0 Å². The number of anilines is 1. The molecule has 0 aliphatic heterocycles. The number of halogens is 2. The number of methoxy groups -OCH3 is 1. The van der Waals surface area contributed by atoms with Crippen LogP contribution in [0.25, 0.3) is 31.5 Å². The summed E-state index contributed by atoms with van der Waals surface area (Å²) in [7, 11) is 1.52. The van der Waals surface area contributed by atoms with E-state index in [2.05, 4.69) is 20.3 Å². The molecule has 0 aliphatic carbocycles. The van der Waals surface area contributed by atoms with Gasteiger partial charge >= 0.3 is 17.9 Å². The number of pyridine rings is 3. The molecule has 0 fully saturated rings. The number of ketones is 2. The number of aromatic carboxylic acids is 3. The van der Waals surface area contributed by atoms with Gasteiger partial charge in [0.15, 0.2) is 11.6 Å². The summed E-state index contributed by atoms with van der Waals surface area (Å²) in [4.78, 5) is 86.6. The van der Waals surface area contributed by atoms with Gasteiger partial charge in [-0.15, -0.1) is 34.0 Å². The van der Waals surface area contributed by atoms with Crippen LogP contribution in [-0.4, -0.2) is 72.8 Å². The highest BCUT2D eigenvalue weighted by molar-refractivity contribution is 7.15. The first-order valence-corrected chi connectivity index (χ1v) is 26.1. The average Bonchev–Trinajstić information content (AvgIpc) is 4.16. The van der Waals surface area contributed by atoms with Crippen molar-refractivity contribution in [1.29, 1.82) is 0 Å². The molecule has 0 radical (unpaired) electrons. The van der Waals surface area contributed by atoms with Crippen LogP contribution in [-0.2, 0) is 12.8 Å². The summed E-state index contributed by atoms with van der Waals surface area (Å²) in [5.41, 5.74) is 8.05. The maximum atomic E-state index is 12.6. The third kappa shape index (κ3) is 13.9. The van der Waals surface area contributed by atoms with Crippen molar-refractivity contribution in [1.82, 2.24) is 15.0 Å². The normalized spacial score (nSPS) is 10.6. The molecule has 0 bridgehead atoms. The number of carbonyl (C=O) groups excluding carboxylic acids is 3. The molecule has 6 heterocycles. The second-order valence-electron chi connectivity index (χ2n) is 16.8. The number of nitrogens with one attached hydrogen (secondary N) is 1. The van der Waals surface area contributed by atoms with Crippen LogP contribution >= 0.6 is 57.2 Å². The minimum atomic E-state index is -1.12. The minimum absolute atomic E-state index is 0.0365. The van der Waals surface area contributed by atoms with Crippen LogP contribution in [0.1, 0.15) is 90.0 Å². The molecule has 0 atom stereocenters. The lowest BCUT2D eigenvalue weighted by molar-refractivity contribution is 0.0685. The first kappa shape index (κ1) is 55.6. The number of aromatic nitrogens is 3. The number of carboxylic acids is 3. The lowest BCUT2D eigenvalue weighted by Crippen LogP contribution is -2.14. The van der Waals surface area contributed by atoms with Crippen LogP contribution in [0.4, 0.5) is 5.69 Å². The molecule has 0 saturated heterocycles. The third-order valence-electron chi connectivity index (χ3n) is 11.3. The van der Waals surface area contributed by atoms with Crippen molar-refractivity contribution >= 4 is 98.3 Å². The van der Waals surface area contributed by atoms with Crippen molar-refractivity contribution in [3.05, 3.63) is 215 Å². The van der Waals surface area contributed by atoms with E-state index in [1.807, 2.05) is 57.2 Å². The van der Waals surface area contributed by atoms with Crippen molar-refractivity contribution in [2.24, 2.45) is 0 Å². The molecule has 0 aliphatic rings.